The molecule has 35 heavy (non-hydrogen) atoms. The second-order valence-electron chi connectivity index (χ2n) is 9.18. The number of methoxy groups -OCH3 is 1. The highest BCUT2D eigenvalue weighted by Gasteiger charge is 2.41. The summed E-state index contributed by atoms with van der Waals surface area (Å²) in [7, 11) is 1.60. The Kier molecular flexibility index (Phi) is 7.69. The van der Waals surface area contributed by atoms with Crippen molar-refractivity contribution in [1.29, 1.82) is 0 Å². The van der Waals surface area contributed by atoms with Gasteiger partial charge in [-0.2, -0.15) is 0 Å². The van der Waals surface area contributed by atoms with E-state index < -0.39 is 17.7 Å². The number of hydrogen-bond acceptors (Lipinski definition) is 8. The molecule has 0 aliphatic carbocycles. The predicted octanol–water partition coefficient (Wildman–Crippen LogP) is 1.05. The van der Waals surface area contributed by atoms with Crippen LogP contribution in [0.25, 0.3) is 5.57 Å². The zero-order valence-electron chi connectivity index (χ0n) is 20.6. The van der Waals surface area contributed by atoms with Crippen LogP contribution in [-0.4, -0.2) is 61.4 Å². The van der Waals surface area contributed by atoms with E-state index in [9.17, 15) is 9.90 Å². The van der Waals surface area contributed by atoms with Crippen molar-refractivity contribution < 1.29 is 38.9 Å². The van der Waals surface area contributed by atoms with Crippen LogP contribution in [0, 0.1) is 0 Å². The highest BCUT2D eigenvalue weighted by Crippen LogP contribution is 2.50. The molecule has 0 saturated carbocycles. The number of fused-ring (bicyclic) bond motifs is 2. The first-order valence-electron chi connectivity index (χ1n) is 12.1. The number of aliphatic hydroxyl groups excluding tert-OH is 1. The molecule has 0 radical (unpaired) electrons. The van der Waals surface area contributed by atoms with Gasteiger partial charge in [-0.3, -0.25) is 4.90 Å². The Hall–Kier alpha value is -3.01. The molecule has 0 amide bonds. The SMILES string of the molecule is CCOC(=O)C1=C/C(=C\C[NH+]2C=CNC2)c2c(cc3c(c2OC)C[C@@H]([C@@](C)(O)CCCCO)O3)O1. The van der Waals surface area contributed by atoms with Crippen molar-refractivity contribution >= 4 is 11.5 Å². The van der Waals surface area contributed by atoms with Gasteiger partial charge in [0, 0.05) is 24.7 Å². The van der Waals surface area contributed by atoms with Gasteiger partial charge in [0.15, 0.2) is 6.67 Å². The minimum Gasteiger partial charge on any atom is -0.496 e. The lowest BCUT2D eigenvalue weighted by Crippen LogP contribution is -3.07. The molecule has 1 unspecified atom stereocenters. The molecule has 4 N–H and O–H groups in total. The average Bonchev–Trinajstić information content (AvgIpc) is 3.51. The van der Waals surface area contributed by atoms with Crippen molar-refractivity contribution in [2.45, 2.75) is 51.2 Å². The Labute approximate surface area is 205 Å². The lowest BCUT2D eigenvalue weighted by molar-refractivity contribution is -0.836. The minimum atomic E-state index is -1.08. The first kappa shape index (κ1) is 25.1. The molecule has 1 aromatic rings. The smallest absolute Gasteiger partial charge is 0.374 e. The fourth-order valence-corrected chi connectivity index (χ4v) is 4.65. The number of esters is 1. The number of hydrogen-bond donors (Lipinski definition) is 4. The van der Waals surface area contributed by atoms with Gasteiger partial charge in [0.2, 0.25) is 5.76 Å². The zero-order chi connectivity index (χ0) is 25.0. The number of carbonyl (C=O) groups is 1. The largest absolute Gasteiger partial charge is 0.496 e. The summed E-state index contributed by atoms with van der Waals surface area (Å²) in [6.45, 7) is 5.32. The van der Waals surface area contributed by atoms with Crippen LogP contribution in [0.1, 0.15) is 44.2 Å². The van der Waals surface area contributed by atoms with Gasteiger partial charge in [-0.15, -0.1) is 0 Å². The lowest BCUT2D eigenvalue weighted by atomic mass is 9.88. The Morgan fingerprint density at radius 3 is 2.89 bits per heavy atom. The summed E-state index contributed by atoms with van der Waals surface area (Å²) in [6, 6.07) is 1.77. The molecular weight excluding hydrogens is 452 g/mol. The van der Waals surface area contributed by atoms with Crippen molar-refractivity contribution in [3.63, 3.8) is 0 Å². The van der Waals surface area contributed by atoms with Crippen LogP contribution in [0.5, 0.6) is 17.2 Å². The third kappa shape index (κ3) is 5.32. The van der Waals surface area contributed by atoms with E-state index in [-0.39, 0.29) is 19.0 Å². The van der Waals surface area contributed by atoms with E-state index in [4.69, 9.17) is 24.1 Å². The monoisotopic (exact) mass is 487 g/mol. The van der Waals surface area contributed by atoms with Gasteiger partial charge in [0.05, 0.1) is 31.1 Å². The van der Waals surface area contributed by atoms with E-state index in [1.807, 2.05) is 12.4 Å². The third-order valence-electron chi connectivity index (χ3n) is 6.58. The molecule has 4 rings (SSSR count). The molecule has 9 heteroatoms. The summed E-state index contributed by atoms with van der Waals surface area (Å²) in [5, 5.41) is 23.4. The van der Waals surface area contributed by atoms with E-state index >= 15 is 0 Å². The summed E-state index contributed by atoms with van der Waals surface area (Å²) >= 11 is 0. The number of unbranched alkanes of at least 4 members (excludes halogenated alkanes) is 1. The van der Waals surface area contributed by atoms with Crippen LogP contribution in [0.15, 0.2) is 36.4 Å². The van der Waals surface area contributed by atoms with Crippen LogP contribution in [-0.2, 0) is 16.0 Å². The Bertz CT molecular complexity index is 1040. The van der Waals surface area contributed by atoms with Gasteiger partial charge in [-0.05, 0) is 50.8 Å². The minimum absolute atomic E-state index is 0.0929. The van der Waals surface area contributed by atoms with Crippen LogP contribution < -0.4 is 24.4 Å². The number of rotatable bonds is 10. The molecule has 3 aliphatic rings. The molecule has 0 saturated heterocycles. The van der Waals surface area contributed by atoms with E-state index in [1.165, 1.54) is 4.90 Å². The quantitative estimate of drug-likeness (QED) is 0.286. The maximum atomic E-state index is 12.5. The Balaban J connectivity index is 1.69. The third-order valence-corrected chi connectivity index (χ3v) is 6.58. The topological polar surface area (TPSA) is 111 Å². The fraction of sp³-hybridized carbons (Fsp3) is 0.500. The van der Waals surface area contributed by atoms with Crippen molar-refractivity contribution in [3.8, 4) is 17.2 Å². The molecule has 1 aromatic carbocycles. The number of benzene rings is 1. The molecule has 0 spiro atoms. The highest BCUT2D eigenvalue weighted by atomic mass is 16.6. The second-order valence-corrected chi connectivity index (χ2v) is 9.18. The van der Waals surface area contributed by atoms with Crippen LogP contribution in [0.3, 0.4) is 0 Å². The van der Waals surface area contributed by atoms with Gasteiger partial charge >= 0.3 is 5.97 Å². The molecule has 0 aromatic heterocycles. The first-order chi connectivity index (χ1) is 16.9. The van der Waals surface area contributed by atoms with Gasteiger partial charge in [0.1, 0.15) is 36.1 Å². The highest BCUT2D eigenvalue weighted by molar-refractivity contribution is 5.95. The molecule has 3 aliphatic heterocycles. The predicted molar refractivity (Wildman–Crippen MR) is 129 cm³/mol. The van der Waals surface area contributed by atoms with Crippen LogP contribution >= 0.6 is 0 Å². The molecule has 0 bridgehead atoms. The summed E-state index contributed by atoms with van der Waals surface area (Å²) in [4.78, 5) is 13.7. The van der Waals surface area contributed by atoms with Crippen molar-refractivity contribution in [1.82, 2.24) is 5.32 Å². The van der Waals surface area contributed by atoms with Crippen molar-refractivity contribution in [3.05, 3.63) is 47.5 Å². The number of carbonyl (C=O) groups excluding carboxylic acids is 1. The lowest BCUT2D eigenvalue weighted by Gasteiger charge is -2.29. The molecule has 3 heterocycles. The van der Waals surface area contributed by atoms with Gasteiger partial charge in [-0.25, -0.2) is 4.79 Å². The number of ether oxygens (including phenoxy) is 4. The van der Waals surface area contributed by atoms with E-state index in [1.54, 1.807) is 33.1 Å². The van der Waals surface area contributed by atoms with Gasteiger partial charge in [0.25, 0.3) is 0 Å². The summed E-state index contributed by atoms with van der Waals surface area (Å²) < 4.78 is 23.2. The maximum Gasteiger partial charge on any atom is 0.374 e. The number of quaternary nitrogens is 1. The molecular formula is C26H35N2O7+. The normalized spacial score (nSPS) is 22.9. The van der Waals surface area contributed by atoms with E-state index in [2.05, 4.69) is 11.4 Å². The van der Waals surface area contributed by atoms with Crippen molar-refractivity contribution in [2.75, 3.05) is 33.5 Å². The second kappa shape index (κ2) is 10.7. The maximum absolute atomic E-state index is 12.5. The molecule has 3 atom stereocenters. The van der Waals surface area contributed by atoms with Gasteiger partial charge in [-0.1, -0.05) is 0 Å². The Morgan fingerprint density at radius 2 is 2.20 bits per heavy atom. The van der Waals surface area contributed by atoms with Crippen molar-refractivity contribution in [2.24, 2.45) is 0 Å². The number of nitrogens with one attached hydrogen (secondary N) is 2. The molecule has 0 fully saturated rings. The molecule has 190 valence electrons. The van der Waals surface area contributed by atoms with E-state index in [0.29, 0.717) is 49.5 Å². The van der Waals surface area contributed by atoms with E-state index in [0.717, 1.165) is 23.4 Å². The summed E-state index contributed by atoms with van der Waals surface area (Å²) in [5.74, 6) is 1.19. The number of allylic oxidation sites excluding steroid dienone is 2. The first-order valence-corrected chi connectivity index (χ1v) is 12.1. The standard InChI is InChI=1S/C26H34N2O7/c1-4-33-25(30)21-13-17(7-10-28-11-9-27-16-28)23-20(34-21)15-19-18(24(23)32-3)14-22(35-19)26(2,31)8-5-6-12-29/h7,9,11,13,15,22,27,29,31H,4-6,8,10,12,14,16H2,1-3H3/p+1/b17-7+/t22-,26-/m0/s1. The Morgan fingerprint density at radius 1 is 1.37 bits per heavy atom. The van der Waals surface area contributed by atoms with Gasteiger partial charge < -0.3 is 34.5 Å². The van der Waals surface area contributed by atoms with Crippen LogP contribution in [0.4, 0.5) is 0 Å². The molecule has 9 nitrogen and oxygen atoms in total. The summed E-state index contributed by atoms with van der Waals surface area (Å²) in [5.41, 5.74) is 1.33. The fourth-order valence-electron chi connectivity index (χ4n) is 4.65. The van der Waals surface area contributed by atoms with Crippen LogP contribution in [0.2, 0.25) is 0 Å². The number of aliphatic hydroxyl groups is 2. The average molecular weight is 488 g/mol. The summed E-state index contributed by atoms with van der Waals surface area (Å²) in [6.07, 6.45) is 9.55. The zero-order valence-corrected chi connectivity index (χ0v) is 20.6.